The Morgan fingerprint density at radius 1 is 1.07 bits per heavy atom. The first-order valence-corrected chi connectivity index (χ1v) is 9.32. The van der Waals surface area contributed by atoms with Crippen LogP contribution >= 0.6 is 0 Å². The van der Waals surface area contributed by atoms with Crippen LogP contribution < -0.4 is 5.32 Å². The maximum absolute atomic E-state index is 13.7. The molecule has 142 valence electrons. The molecule has 1 N–H and O–H groups in total. The minimum atomic E-state index is -0.353. The first-order valence-electron chi connectivity index (χ1n) is 9.32. The van der Waals surface area contributed by atoms with Gasteiger partial charge in [0, 0.05) is 24.7 Å². The molecule has 1 aliphatic rings. The van der Waals surface area contributed by atoms with Gasteiger partial charge in [0.25, 0.3) is 0 Å². The molecule has 0 unspecified atom stereocenters. The monoisotopic (exact) mass is 368 g/mol. The van der Waals surface area contributed by atoms with Gasteiger partial charge in [0.1, 0.15) is 5.82 Å². The van der Waals surface area contributed by atoms with E-state index >= 15 is 0 Å². The van der Waals surface area contributed by atoms with Gasteiger partial charge in [-0.1, -0.05) is 24.3 Å². The van der Waals surface area contributed by atoms with Crippen molar-refractivity contribution < 1.29 is 14.0 Å². The van der Waals surface area contributed by atoms with E-state index in [1.165, 1.54) is 6.07 Å². The summed E-state index contributed by atoms with van der Waals surface area (Å²) in [5.74, 6) is -0.550. The van der Waals surface area contributed by atoms with Crippen LogP contribution in [0.4, 0.5) is 10.1 Å². The first-order chi connectivity index (χ1) is 12.9. The van der Waals surface area contributed by atoms with Gasteiger partial charge in [0.2, 0.25) is 11.8 Å². The van der Waals surface area contributed by atoms with Gasteiger partial charge < -0.3 is 10.2 Å². The van der Waals surface area contributed by atoms with Crippen molar-refractivity contribution in [2.24, 2.45) is 5.92 Å². The molecule has 2 aromatic rings. The van der Waals surface area contributed by atoms with Gasteiger partial charge >= 0.3 is 0 Å². The Bertz CT molecular complexity index is 822. The third-order valence-electron chi connectivity index (χ3n) is 5.01. The van der Waals surface area contributed by atoms with E-state index in [2.05, 4.69) is 11.4 Å². The lowest BCUT2D eigenvalue weighted by atomic mass is 9.95. The number of halogens is 1. The Hall–Kier alpha value is -2.69. The summed E-state index contributed by atoms with van der Waals surface area (Å²) in [4.78, 5) is 26.7. The minimum absolute atomic E-state index is 0.00111. The maximum Gasteiger partial charge on any atom is 0.227 e. The lowest BCUT2D eigenvalue weighted by molar-refractivity contribution is -0.133. The van der Waals surface area contributed by atoms with Gasteiger partial charge in [-0.15, -0.1) is 0 Å². The standard InChI is InChI=1S/C22H25FN2O2/c1-15-11-16(2)13-19(12-15)24-22(27)17-7-9-25(10-8-17)21(26)14-18-5-3-4-6-20(18)23/h3-6,11-13,17H,7-10,14H2,1-2H3,(H,24,27). The highest BCUT2D eigenvalue weighted by Crippen LogP contribution is 2.21. The van der Waals surface area contributed by atoms with Gasteiger partial charge in [0.15, 0.2) is 0 Å². The molecule has 1 saturated heterocycles. The third-order valence-corrected chi connectivity index (χ3v) is 5.01. The molecule has 2 amide bonds. The van der Waals surface area contributed by atoms with E-state index in [1.54, 1.807) is 23.1 Å². The van der Waals surface area contributed by atoms with Crippen molar-refractivity contribution in [2.75, 3.05) is 18.4 Å². The number of aryl methyl sites for hydroxylation is 2. The van der Waals surface area contributed by atoms with E-state index in [-0.39, 0.29) is 30.0 Å². The molecular formula is C22H25FN2O2. The van der Waals surface area contributed by atoms with E-state index in [0.717, 1.165) is 16.8 Å². The molecule has 0 saturated carbocycles. The second kappa shape index (κ2) is 8.33. The van der Waals surface area contributed by atoms with Crippen molar-refractivity contribution in [1.82, 2.24) is 4.90 Å². The number of hydrogen-bond acceptors (Lipinski definition) is 2. The summed E-state index contributed by atoms with van der Waals surface area (Å²) in [5.41, 5.74) is 3.45. The lowest BCUT2D eigenvalue weighted by Crippen LogP contribution is -2.42. The second-order valence-corrected chi connectivity index (χ2v) is 7.29. The average molecular weight is 368 g/mol. The number of carbonyl (C=O) groups is 2. The highest BCUT2D eigenvalue weighted by Gasteiger charge is 2.27. The number of nitrogens with one attached hydrogen (secondary N) is 1. The molecule has 0 spiro atoms. The zero-order chi connectivity index (χ0) is 19.4. The van der Waals surface area contributed by atoms with Crippen LogP contribution in [0.2, 0.25) is 0 Å². The summed E-state index contributed by atoms with van der Waals surface area (Å²) < 4.78 is 13.7. The molecule has 0 bridgehead atoms. The van der Waals surface area contributed by atoms with Crippen LogP contribution in [0.5, 0.6) is 0 Å². The number of hydrogen-bond donors (Lipinski definition) is 1. The van der Waals surface area contributed by atoms with Gasteiger partial charge in [-0.25, -0.2) is 4.39 Å². The van der Waals surface area contributed by atoms with Crippen LogP contribution in [0.1, 0.15) is 29.5 Å². The Morgan fingerprint density at radius 2 is 1.70 bits per heavy atom. The molecule has 1 aliphatic heterocycles. The maximum atomic E-state index is 13.7. The Labute approximate surface area is 159 Å². The van der Waals surface area contributed by atoms with Gasteiger partial charge in [-0.3, -0.25) is 9.59 Å². The number of rotatable bonds is 4. The first kappa shape index (κ1) is 19.1. The average Bonchev–Trinajstić information content (AvgIpc) is 2.63. The molecule has 0 aromatic heterocycles. The topological polar surface area (TPSA) is 49.4 Å². The number of carbonyl (C=O) groups excluding carboxylic acids is 2. The molecule has 5 heteroatoms. The van der Waals surface area contributed by atoms with Crippen LogP contribution in [0.3, 0.4) is 0 Å². The largest absolute Gasteiger partial charge is 0.342 e. The Balaban J connectivity index is 1.53. The summed E-state index contributed by atoms with van der Waals surface area (Å²) >= 11 is 0. The summed E-state index contributed by atoms with van der Waals surface area (Å²) in [6.07, 6.45) is 1.31. The number of anilines is 1. The molecule has 0 aliphatic carbocycles. The molecular weight excluding hydrogens is 343 g/mol. The van der Waals surface area contributed by atoms with Crippen LogP contribution in [-0.2, 0) is 16.0 Å². The second-order valence-electron chi connectivity index (χ2n) is 7.29. The predicted octanol–water partition coefficient (Wildman–Crippen LogP) is 3.86. The van der Waals surface area contributed by atoms with Gasteiger partial charge in [-0.05, 0) is 61.6 Å². The smallest absolute Gasteiger partial charge is 0.227 e. The number of amides is 2. The molecule has 3 rings (SSSR count). The number of nitrogens with zero attached hydrogens (tertiary/aromatic N) is 1. The van der Waals surface area contributed by atoms with E-state index < -0.39 is 0 Å². The fraction of sp³-hybridized carbons (Fsp3) is 0.364. The molecule has 0 radical (unpaired) electrons. The minimum Gasteiger partial charge on any atom is -0.342 e. The van der Waals surface area contributed by atoms with Crippen molar-refractivity contribution in [1.29, 1.82) is 0 Å². The summed E-state index contributed by atoms with van der Waals surface area (Å²) in [6, 6.07) is 12.3. The summed E-state index contributed by atoms with van der Waals surface area (Å²) in [5, 5.41) is 2.99. The van der Waals surface area contributed by atoms with Crippen LogP contribution in [0, 0.1) is 25.6 Å². The molecule has 27 heavy (non-hydrogen) atoms. The van der Waals surface area contributed by atoms with Crippen LogP contribution in [0.25, 0.3) is 0 Å². The molecule has 0 atom stereocenters. The Morgan fingerprint density at radius 3 is 2.33 bits per heavy atom. The highest BCUT2D eigenvalue weighted by atomic mass is 19.1. The third kappa shape index (κ3) is 4.94. The van der Waals surface area contributed by atoms with Crippen molar-refractivity contribution in [3.05, 3.63) is 65.0 Å². The van der Waals surface area contributed by atoms with E-state index in [9.17, 15) is 14.0 Å². The van der Waals surface area contributed by atoms with Gasteiger partial charge in [0.05, 0.1) is 6.42 Å². The number of benzene rings is 2. The molecule has 1 heterocycles. The van der Waals surface area contributed by atoms with Crippen molar-refractivity contribution in [2.45, 2.75) is 33.1 Å². The predicted molar refractivity (Wildman–Crippen MR) is 104 cm³/mol. The van der Waals surface area contributed by atoms with Crippen molar-refractivity contribution in [3.63, 3.8) is 0 Å². The normalized spacial score (nSPS) is 14.9. The van der Waals surface area contributed by atoms with Crippen LogP contribution in [0.15, 0.2) is 42.5 Å². The SMILES string of the molecule is Cc1cc(C)cc(NC(=O)C2CCN(C(=O)Cc3ccccc3F)CC2)c1. The van der Waals surface area contributed by atoms with E-state index in [1.807, 2.05) is 26.0 Å². The molecule has 1 fully saturated rings. The highest BCUT2D eigenvalue weighted by molar-refractivity contribution is 5.93. The van der Waals surface area contributed by atoms with Crippen LogP contribution in [-0.4, -0.2) is 29.8 Å². The zero-order valence-electron chi connectivity index (χ0n) is 15.8. The van der Waals surface area contributed by atoms with E-state index in [4.69, 9.17) is 0 Å². The van der Waals surface area contributed by atoms with Crippen molar-refractivity contribution in [3.8, 4) is 0 Å². The summed E-state index contributed by atoms with van der Waals surface area (Å²) in [6.45, 7) is 5.06. The fourth-order valence-electron chi connectivity index (χ4n) is 3.60. The Kier molecular flexibility index (Phi) is 5.89. The molecule has 4 nitrogen and oxygen atoms in total. The summed E-state index contributed by atoms with van der Waals surface area (Å²) in [7, 11) is 0. The number of likely N-dealkylation sites (tertiary alicyclic amines) is 1. The van der Waals surface area contributed by atoms with E-state index in [0.29, 0.717) is 31.5 Å². The zero-order valence-corrected chi connectivity index (χ0v) is 15.8. The number of piperidine rings is 1. The fourth-order valence-corrected chi connectivity index (χ4v) is 3.60. The van der Waals surface area contributed by atoms with Gasteiger partial charge in [-0.2, -0.15) is 0 Å². The lowest BCUT2D eigenvalue weighted by Gasteiger charge is -2.31. The molecule has 2 aromatic carbocycles. The van der Waals surface area contributed by atoms with Crippen molar-refractivity contribution >= 4 is 17.5 Å². The quantitative estimate of drug-likeness (QED) is 0.891.